The van der Waals surface area contributed by atoms with E-state index < -0.39 is 11.6 Å². The van der Waals surface area contributed by atoms with E-state index in [-0.39, 0.29) is 28.0 Å². The molecule has 10 heteroatoms. The Labute approximate surface area is 198 Å². The summed E-state index contributed by atoms with van der Waals surface area (Å²) in [5.74, 6) is -0.0909. The van der Waals surface area contributed by atoms with Crippen molar-refractivity contribution in [1.29, 1.82) is 0 Å². The summed E-state index contributed by atoms with van der Waals surface area (Å²) in [5.41, 5.74) is -0.252. The van der Waals surface area contributed by atoms with Crippen LogP contribution in [0.5, 0.6) is 5.75 Å². The normalized spacial score (nSPS) is 19.2. The molecule has 2 aliphatic rings. The van der Waals surface area contributed by atoms with Gasteiger partial charge in [0.15, 0.2) is 5.75 Å². The molecule has 2 aliphatic heterocycles. The second-order valence-corrected chi connectivity index (χ2v) is 9.74. The quantitative estimate of drug-likeness (QED) is 0.652. The lowest BCUT2D eigenvalue weighted by atomic mass is 10.1. The molecule has 1 aromatic carbocycles. The van der Waals surface area contributed by atoms with Crippen LogP contribution in [-0.4, -0.2) is 84.1 Å². The molecule has 2 heterocycles. The Kier molecular flexibility index (Phi) is 7.45. The summed E-state index contributed by atoms with van der Waals surface area (Å²) in [5, 5.41) is 0.479. The van der Waals surface area contributed by atoms with E-state index in [0.29, 0.717) is 50.5 Å². The maximum absolute atomic E-state index is 13.2. The Morgan fingerprint density at radius 3 is 2.06 bits per heavy atom. The molecule has 0 radical (unpaired) electrons. The van der Waals surface area contributed by atoms with E-state index in [1.165, 1.54) is 19.2 Å². The Hall–Kier alpha value is -2.19. The van der Waals surface area contributed by atoms with Crippen LogP contribution in [0.15, 0.2) is 12.1 Å². The fraction of sp³-hybridized carbons (Fsp3) is 0.591. The zero-order valence-electron chi connectivity index (χ0n) is 18.8. The third kappa shape index (κ3) is 5.41. The van der Waals surface area contributed by atoms with Gasteiger partial charge in [0.2, 0.25) is 5.91 Å². The number of carbonyl (C=O) groups excluding carboxylic acids is 3. The number of amides is 3. The highest BCUT2D eigenvalue weighted by atomic mass is 35.5. The lowest BCUT2D eigenvalue weighted by Gasteiger charge is -2.37. The number of ether oxygens (including phenoxy) is 2. The average molecular weight is 486 g/mol. The Bertz CT molecular complexity index is 871. The molecule has 3 rings (SSSR count). The zero-order valence-corrected chi connectivity index (χ0v) is 20.3. The lowest BCUT2D eigenvalue weighted by Crippen LogP contribution is -2.55. The van der Waals surface area contributed by atoms with Crippen LogP contribution in [0.3, 0.4) is 0 Å². The van der Waals surface area contributed by atoms with E-state index in [4.69, 9.17) is 32.7 Å². The molecular weight excluding hydrogens is 457 g/mol. The minimum absolute atomic E-state index is 0.106. The average Bonchev–Trinajstić information content (AvgIpc) is 3.21. The first-order chi connectivity index (χ1) is 15.0. The van der Waals surface area contributed by atoms with Crippen LogP contribution in [0.4, 0.5) is 4.79 Å². The standard InChI is InChI=1S/C22H29Cl2N3O5/c1-22(2,3)32-21(30)26-10-8-25(9-11-26)20(29)17-6-5-7-27(17)19(28)14-12-15(23)18(31-4)16(24)13-14/h12-13,17H,5-11H2,1-4H3. The maximum atomic E-state index is 13.2. The van der Waals surface area contributed by atoms with Crippen molar-refractivity contribution < 1.29 is 23.9 Å². The van der Waals surface area contributed by atoms with Gasteiger partial charge in [0, 0.05) is 38.3 Å². The van der Waals surface area contributed by atoms with Gasteiger partial charge in [-0.1, -0.05) is 23.2 Å². The number of rotatable bonds is 3. The number of piperazine rings is 1. The van der Waals surface area contributed by atoms with E-state index >= 15 is 0 Å². The van der Waals surface area contributed by atoms with Crippen molar-refractivity contribution in [1.82, 2.24) is 14.7 Å². The summed E-state index contributed by atoms with van der Waals surface area (Å²) in [6.45, 7) is 7.52. The van der Waals surface area contributed by atoms with E-state index in [0.717, 1.165) is 6.42 Å². The SMILES string of the molecule is COc1c(Cl)cc(C(=O)N2CCCC2C(=O)N2CCN(C(=O)OC(C)(C)C)CC2)cc1Cl. The second-order valence-electron chi connectivity index (χ2n) is 8.92. The van der Waals surface area contributed by atoms with Crippen molar-refractivity contribution in [2.45, 2.75) is 45.3 Å². The number of likely N-dealkylation sites (tertiary alicyclic amines) is 1. The number of carbonyl (C=O) groups is 3. The van der Waals surface area contributed by atoms with Crippen LogP contribution in [0.1, 0.15) is 44.0 Å². The van der Waals surface area contributed by atoms with Gasteiger partial charge in [-0.2, -0.15) is 0 Å². The molecule has 1 atom stereocenters. The summed E-state index contributed by atoms with van der Waals surface area (Å²) in [4.78, 5) is 43.5. The predicted octanol–water partition coefficient (Wildman–Crippen LogP) is 3.69. The topological polar surface area (TPSA) is 79.4 Å². The summed E-state index contributed by atoms with van der Waals surface area (Å²) >= 11 is 12.4. The summed E-state index contributed by atoms with van der Waals surface area (Å²) in [6.07, 6.45) is 0.946. The van der Waals surface area contributed by atoms with Crippen LogP contribution in [0, 0.1) is 0 Å². The van der Waals surface area contributed by atoms with Crippen molar-refractivity contribution in [3.05, 3.63) is 27.7 Å². The molecule has 1 unspecified atom stereocenters. The maximum Gasteiger partial charge on any atom is 0.410 e. The van der Waals surface area contributed by atoms with Crippen molar-refractivity contribution in [3.63, 3.8) is 0 Å². The van der Waals surface area contributed by atoms with E-state index in [1.54, 1.807) is 14.7 Å². The van der Waals surface area contributed by atoms with Crippen molar-refractivity contribution in [2.24, 2.45) is 0 Å². The molecule has 176 valence electrons. The predicted molar refractivity (Wildman–Crippen MR) is 121 cm³/mol. The van der Waals surface area contributed by atoms with Crippen molar-refractivity contribution in [2.75, 3.05) is 39.8 Å². The molecule has 32 heavy (non-hydrogen) atoms. The number of hydrogen-bond donors (Lipinski definition) is 0. The van der Waals surface area contributed by atoms with Crippen LogP contribution in [-0.2, 0) is 9.53 Å². The largest absolute Gasteiger partial charge is 0.494 e. The third-order valence-corrected chi connectivity index (χ3v) is 6.05. The second kappa shape index (κ2) is 9.75. The van der Waals surface area contributed by atoms with Gasteiger partial charge in [-0.05, 0) is 45.7 Å². The highest BCUT2D eigenvalue weighted by Crippen LogP contribution is 2.35. The number of hydrogen-bond acceptors (Lipinski definition) is 5. The fourth-order valence-electron chi connectivity index (χ4n) is 3.96. The van der Waals surface area contributed by atoms with Crippen LogP contribution >= 0.6 is 23.2 Å². The lowest BCUT2D eigenvalue weighted by molar-refractivity contribution is -0.137. The van der Waals surface area contributed by atoms with E-state index in [1.807, 2.05) is 20.8 Å². The number of benzene rings is 1. The van der Waals surface area contributed by atoms with Gasteiger partial charge in [0.25, 0.3) is 5.91 Å². The molecule has 3 amide bonds. The van der Waals surface area contributed by atoms with Gasteiger partial charge in [0.05, 0.1) is 17.2 Å². The van der Waals surface area contributed by atoms with Gasteiger partial charge >= 0.3 is 6.09 Å². The smallest absolute Gasteiger partial charge is 0.410 e. The van der Waals surface area contributed by atoms with Gasteiger partial charge in [-0.3, -0.25) is 9.59 Å². The molecule has 0 N–H and O–H groups in total. The Morgan fingerprint density at radius 2 is 1.53 bits per heavy atom. The van der Waals surface area contributed by atoms with Crippen LogP contribution in [0.2, 0.25) is 10.0 Å². The Balaban J connectivity index is 1.65. The van der Waals surface area contributed by atoms with Crippen molar-refractivity contribution >= 4 is 41.1 Å². The Morgan fingerprint density at radius 1 is 0.969 bits per heavy atom. The molecule has 2 saturated heterocycles. The first-order valence-corrected chi connectivity index (χ1v) is 11.4. The van der Waals surface area contributed by atoms with E-state index in [9.17, 15) is 14.4 Å². The van der Waals surface area contributed by atoms with Gasteiger partial charge in [-0.15, -0.1) is 0 Å². The number of halogens is 2. The van der Waals surface area contributed by atoms with Gasteiger partial charge < -0.3 is 24.2 Å². The monoisotopic (exact) mass is 485 g/mol. The molecule has 0 aliphatic carbocycles. The minimum atomic E-state index is -0.567. The highest BCUT2D eigenvalue weighted by molar-refractivity contribution is 6.37. The number of methoxy groups -OCH3 is 1. The minimum Gasteiger partial charge on any atom is -0.494 e. The van der Waals surface area contributed by atoms with E-state index in [2.05, 4.69) is 0 Å². The summed E-state index contributed by atoms with van der Waals surface area (Å²) in [7, 11) is 1.45. The summed E-state index contributed by atoms with van der Waals surface area (Å²) in [6, 6.07) is 2.47. The molecule has 0 spiro atoms. The third-order valence-electron chi connectivity index (χ3n) is 5.49. The molecule has 0 aromatic heterocycles. The molecule has 0 bridgehead atoms. The first-order valence-electron chi connectivity index (χ1n) is 10.6. The van der Waals surface area contributed by atoms with Gasteiger partial charge in [-0.25, -0.2) is 4.79 Å². The first kappa shape index (κ1) is 24.5. The van der Waals surface area contributed by atoms with Crippen LogP contribution < -0.4 is 4.74 Å². The van der Waals surface area contributed by atoms with Gasteiger partial charge in [0.1, 0.15) is 11.6 Å². The highest BCUT2D eigenvalue weighted by Gasteiger charge is 2.38. The zero-order chi connectivity index (χ0) is 23.6. The number of nitrogens with zero attached hydrogens (tertiary/aromatic N) is 3. The molecular formula is C22H29Cl2N3O5. The fourth-order valence-corrected chi connectivity index (χ4v) is 4.60. The van der Waals surface area contributed by atoms with Crippen molar-refractivity contribution in [3.8, 4) is 5.75 Å². The molecule has 2 fully saturated rings. The van der Waals surface area contributed by atoms with Crippen LogP contribution in [0.25, 0.3) is 0 Å². The molecule has 8 nitrogen and oxygen atoms in total. The summed E-state index contributed by atoms with van der Waals surface area (Å²) < 4.78 is 10.5. The molecule has 0 saturated carbocycles. The molecule has 1 aromatic rings.